The third-order valence-corrected chi connectivity index (χ3v) is 3.80. The Kier molecular flexibility index (Phi) is 3.54. The van der Waals surface area contributed by atoms with Gasteiger partial charge in [-0.25, -0.2) is 9.18 Å². The molecule has 2 unspecified atom stereocenters. The van der Waals surface area contributed by atoms with E-state index in [1.165, 1.54) is 0 Å². The number of carbonyl (C=O) groups excluding carboxylic acids is 1. The first-order chi connectivity index (χ1) is 8.33. The summed E-state index contributed by atoms with van der Waals surface area (Å²) in [6, 6.07) is -0.341. The van der Waals surface area contributed by atoms with Crippen molar-refractivity contribution in [2.45, 2.75) is 69.9 Å². The van der Waals surface area contributed by atoms with Gasteiger partial charge in [-0.1, -0.05) is 0 Å². The predicted molar refractivity (Wildman–Crippen MR) is 67.2 cm³/mol. The van der Waals surface area contributed by atoms with Crippen LogP contribution in [0.15, 0.2) is 0 Å². The number of hydrogen-bond acceptors (Lipinski definition) is 3. The molecular formula is C13H23FN2O2. The van der Waals surface area contributed by atoms with Crippen molar-refractivity contribution in [2.24, 2.45) is 0 Å². The van der Waals surface area contributed by atoms with Gasteiger partial charge in [0.15, 0.2) is 0 Å². The second kappa shape index (κ2) is 4.68. The van der Waals surface area contributed by atoms with E-state index in [9.17, 15) is 9.18 Å². The summed E-state index contributed by atoms with van der Waals surface area (Å²) in [5.74, 6) is 0. The number of ether oxygens (including phenoxy) is 1. The molecule has 2 saturated heterocycles. The maximum absolute atomic E-state index is 14.3. The number of rotatable bonds is 1. The van der Waals surface area contributed by atoms with Gasteiger partial charge in [-0.3, -0.25) is 4.90 Å². The number of halogens is 1. The molecule has 4 atom stereocenters. The maximum atomic E-state index is 14.3. The second-order valence-electron chi connectivity index (χ2n) is 6.26. The lowest BCUT2D eigenvalue weighted by atomic mass is 9.96. The molecule has 5 heteroatoms. The van der Waals surface area contributed by atoms with Crippen molar-refractivity contribution in [3.05, 3.63) is 0 Å². The average Bonchev–Trinajstić information content (AvgIpc) is 2.59. The van der Waals surface area contributed by atoms with Gasteiger partial charge in [0.1, 0.15) is 11.8 Å². The molecule has 0 aromatic rings. The van der Waals surface area contributed by atoms with Crippen LogP contribution in [0.2, 0.25) is 0 Å². The molecule has 2 fully saturated rings. The number of fused-ring (bicyclic) bond motifs is 2. The first-order valence-electron chi connectivity index (χ1n) is 6.66. The number of alkyl halides is 1. The molecule has 1 amide bonds. The highest BCUT2D eigenvalue weighted by Gasteiger charge is 2.50. The SMILES string of the molecule is CN[C@H]1CC2CCC([C@H]1F)N2C(=O)OC(C)(C)C. The van der Waals surface area contributed by atoms with Gasteiger partial charge in [-0.05, 0) is 47.1 Å². The summed E-state index contributed by atoms with van der Waals surface area (Å²) >= 11 is 0. The van der Waals surface area contributed by atoms with E-state index in [0.717, 1.165) is 12.8 Å². The molecule has 2 bridgehead atoms. The van der Waals surface area contributed by atoms with E-state index in [1.807, 2.05) is 20.8 Å². The molecule has 0 aliphatic carbocycles. The number of carbonyl (C=O) groups is 1. The summed E-state index contributed by atoms with van der Waals surface area (Å²) in [4.78, 5) is 13.8. The molecular weight excluding hydrogens is 235 g/mol. The first kappa shape index (κ1) is 13.6. The van der Waals surface area contributed by atoms with Crippen LogP contribution in [-0.2, 0) is 4.74 Å². The van der Waals surface area contributed by atoms with Crippen LogP contribution in [0, 0.1) is 0 Å². The summed E-state index contributed by atoms with van der Waals surface area (Å²) in [6.45, 7) is 5.50. The van der Waals surface area contributed by atoms with Crippen LogP contribution in [0.4, 0.5) is 9.18 Å². The highest BCUT2D eigenvalue weighted by molar-refractivity contribution is 5.70. The Morgan fingerprint density at radius 1 is 1.39 bits per heavy atom. The van der Waals surface area contributed by atoms with E-state index in [1.54, 1.807) is 11.9 Å². The van der Waals surface area contributed by atoms with Crippen LogP contribution in [0.25, 0.3) is 0 Å². The van der Waals surface area contributed by atoms with Crippen molar-refractivity contribution in [3.63, 3.8) is 0 Å². The molecule has 2 heterocycles. The molecule has 4 nitrogen and oxygen atoms in total. The Hall–Kier alpha value is -0.840. The number of hydrogen-bond donors (Lipinski definition) is 1. The zero-order chi connectivity index (χ0) is 13.5. The zero-order valence-corrected chi connectivity index (χ0v) is 11.6. The molecule has 0 aromatic heterocycles. The zero-order valence-electron chi connectivity index (χ0n) is 11.6. The topological polar surface area (TPSA) is 41.6 Å². The average molecular weight is 258 g/mol. The molecule has 1 N–H and O–H groups in total. The van der Waals surface area contributed by atoms with Crippen LogP contribution in [-0.4, -0.2) is 47.9 Å². The largest absolute Gasteiger partial charge is 0.444 e. The van der Waals surface area contributed by atoms with Crippen LogP contribution in [0.5, 0.6) is 0 Å². The van der Waals surface area contributed by atoms with E-state index < -0.39 is 11.8 Å². The first-order valence-corrected chi connectivity index (χ1v) is 6.66. The quantitative estimate of drug-likeness (QED) is 0.783. The standard InChI is InChI=1S/C13H23FN2O2/c1-13(2,3)18-12(17)16-8-5-6-10(16)11(14)9(7-8)15-4/h8-11,15H,5-7H2,1-4H3/t8?,9-,10?,11-/m0/s1. The molecule has 0 radical (unpaired) electrons. The lowest BCUT2D eigenvalue weighted by Gasteiger charge is -2.41. The fourth-order valence-corrected chi connectivity index (χ4v) is 3.02. The van der Waals surface area contributed by atoms with Gasteiger partial charge < -0.3 is 10.1 Å². The minimum absolute atomic E-state index is 0.120. The number of piperidine rings is 1. The van der Waals surface area contributed by atoms with Gasteiger partial charge >= 0.3 is 6.09 Å². The number of amides is 1. The molecule has 18 heavy (non-hydrogen) atoms. The van der Waals surface area contributed by atoms with Gasteiger partial charge in [0.2, 0.25) is 0 Å². The highest BCUT2D eigenvalue weighted by atomic mass is 19.1. The molecule has 0 aromatic carbocycles. The summed E-state index contributed by atoms with van der Waals surface area (Å²) < 4.78 is 19.6. The van der Waals surface area contributed by atoms with Crippen molar-refractivity contribution in [1.82, 2.24) is 10.2 Å². The van der Waals surface area contributed by atoms with Crippen molar-refractivity contribution in [2.75, 3.05) is 7.05 Å². The summed E-state index contributed by atoms with van der Waals surface area (Å²) in [6.07, 6.45) is 0.924. The smallest absolute Gasteiger partial charge is 0.410 e. The Morgan fingerprint density at radius 2 is 2.06 bits per heavy atom. The fourth-order valence-electron chi connectivity index (χ4n) is 3.02. The van der Waals surface area contributed by atoms with Crippen molar-refractivity contribution in [1.29, 1.82) is 0 Å². The predicted octanol–water partition coefficient (Wildman–Crippen LogP) is 2.08. The lowest BCUT2D eigenvalue weighted by molar-refractivity contribution is -0.0126. The second-order valence-corrected chi connectivity index (χ2v) is 6.26. The fraction of sp³-hybridized carbons (Fsp3) is 0.923. The Bertz CT molecular complexity index is 329. The van der Waals surface area contributed by atoms with Crippen molar-refractivity contribution in [3.8, 4) is 0 Å². The number of nitrogens with one attached hydrogen (secondary N) is 1. The van der Waals surface area contributed by atoms with Crippen molar-refractivity contribution < 1.29 is 13.9 Å². The van der Waals surface area contributed by atoms with Crippen molar-refractivity contribution >= 4 is 6.09 Å². The van der Waals surface area contributed by atoms with Gasteiger partial charge in [-0.15, -0.1) is 0 Å². The molecule has 0 saturated carbocycles. The summed E-state index contributed by atoms with van der Waals surface area (Å²) in [5, 5.41) is 3.01. The summed E-state index contributed by atoms with van der Waals surface area (Å²) in [7, 11) is 1.78. The monoisotopic (exact) mass is 258 g/mol. The Labute approximate surface area is 108 Å². The molecule has 2 rings (SSSR count). The van der Waals surface area contributed by atoms with Gasteiger partial charge in [-0.2, -0.15) is 0 Å². The minimum Gasteiger partial charge on any atom is -0.444 e. The lowest BCUT2D eigenvalue weighted by Crippen LogP contribution is -2.58. The minimum atomic E-state index is -0.999. The van der Waals surface area contributed by atoms with E-state index in [2.05, 4.69) is 5.32 Å². The van der Waals surface area contributed by atoms with Crippen LogP contribution in [0.1, 0.15) is 40.0 Å². The highest BCUT2D eigenvalue weighted by Crippen LogP contribution is 2.38. The van der Waals surface area contributed by atoms with E-state index in [0.29, 0.717) is 6.42 Å². The van der Waals surface area contributed by atoms with Crippen LogP contribution >= 0.6 is 0 Å². The molecule has 2 aliphatic heterocycles. The molecule has 104 valence electrons. The van der Waals surface area contributed by atoms with E-state index in [4.69, 9.17) is 4.74 Å². The van der Waals surface area contributed by atoms with E-state index in [-0.39, 0.29) is 24.2 Å². The van der Waals surface area contributed by atoms with Gasteiger partial charge in [0.05, 0.1) is 6.04 Å². The van der Waals surface area contributed by atoms with Crippen LogP contribution in [0.3, 0.4) is 0 Å². The van der Waals surface area contributed by atoms with E-state index >= 15 is 0 Å². The third kappa shape index (κ3) is 2.46. The molecule has 0 spiro atoms. The maximum Gasteiger partial charge on any atom is 0.410 e. The summed E-state index contributed by atoms with van der Waals surface area (Å²) in [5.41, 5.74) is -0.526. The Morgan fingerprint density at radius 3 is 2.61 bits per heavy atom. The van der Waals surface area contributed by atoms with Crippen LogP contribution < -0.4 is 5.32 Å². The normalized spacial score (nSPS) is 35.7. The Balaban J connectivity index is 2.09. The number of nitrogens with zero attached hydrogens (tertiary/aromatic N) is 1. The van der Waals surface area contributed by atoms with Gasteiger partial charge in [0.25, 0.3) is 0 Å². The van der Waals surface area contributed by atoms with Gasteiger partial charge in [0, 0.05) is 12.1 Å². The molecule has 2 aliphatic rings. The third-order valence-electron chi connectivity index (χ3n) is 3.80.